The Morgan fingerprint density at radius 3 is 3.00 bits per heavy atom. The summed E-state index contributed by atoms with van der Waals surface area (Å²) in [7, 11) is 1.56. The van der Waals surface area contributed by atoms with Crippen molar-refractivity contribution >= 4 is 5.97 Å². The maximum absolute atomic E-state index is 11.0. The number of aromatic carboxylic acids is 1. The highest BCUT2D eigenvalue weighted by molar-refractivity contribution is 5.87. The molecule has 7 nitrogen and oxygen atoms in total. The summed E-state index contributed by atoms with van der Waals surface area (Å²) in [6.45, 7) is 1.19. The molecule has 7 heteroatoms. The maximum Gasteiger partial charge on any atom is 0.353 e. The minimum absolute atomic E-state index is 0.0213. The van der Waals surface area contributed by atoms with Crippen LogP contribution in [0.1, 0.15) is 16.9 Å². The number of hydrogen-bond donors (Lipinski definition) is 2. The summed E-state index contributed by atoms with van der Waals surface area (Å²) < 4.78 is 16.7. The Labute approximate surface area is 126 Å². The number of aromatic nitrogens is 2. The summed E-state index contributed by atoms with van der Waals surface area (Å²) in [5.74, 6) is 0.0570. The molecule has 1 atom stereocenters. The van der Waals surface area contributed by atoms with E-state index in [1.807, 2.05) is 6.07 Å². The van der Waals surface area contributed by atoms with Crippen molar-refractivity contribution in [1.29, 1.82) is 0 Å². The lowest BCUT2D eigenvalue weighted by Crippen LogP contribution is -2.16. The van der Waals surface area contributed by atoms with Gasteiger partial charge in [-0.3, -0.25) is 5.10 Å². The largest absolute Gasteiger partial charge is 0.493 e. The number of carboxylic acid groups (broad SMARTS) is 1. The minimum Gasteiger partial charge on any atom is -0.493 e. The molecule has 0 spiro atoms. The zero-order valence-electron chi connectivity index (χ0n) is 12.0. The molecule has 0 bridgehead atoms. The molecule has 2 heterocycles. The van der Waals surface area contributed by atoms with Gasteiger partial charge in [0.2, 0.25) is 0 Å². The molecule has 2 N–H and O–H groups in total. The zero-order chi connectivity index (χ0) is 15.5. The number of carboxylic acids is 1. The van der Waals surface area contributed by atoms with E-state index in [-0.39, 0.29) is 11.8 Å². The number of nitrogens with zero attached hydrogens (tertiary/aromatic N) is 1. The van der Waals surface area contributed by atoms with Crippen LogP contribution in [0.25, 0.3) is 11.3 Å². The quantitative estimate of drug-likeness (QED) is 0.877. The molecule has 116 valence electrons. The summed E-state index contributed by atoms with van der Waals surface area (Å²) in [5.41, 5.74) is 1.19. The second kappa shape index (κ2) is 6.07. The van der Waals surface area contributed by atoms with E-state index < -0.39 is 5.97 Å². The average molecular weight is 304 g/mol. The van der Waals surface area contributed by atoms with E-state index in [0.717, 1.165) is 6.42 Å². The van der Waals surface area contributed by atoms with Gasteiger partial charge in [-0.05, 0) is 18.2 Å². The number of hydrogen-bond acceptors (Lipinski definition) is 5. The molecule has 1 aliphatic heterocycles. The molecular formula is C15H16N2O5. The Balaban J connectivity index is 1.99. The van der Waals surface area contributed by atoms with Crippen molar-refractivity contribution in [2.45, 2.75) is 12.5 Å². The highest BCUT2D eigenvalue weighted by atomic mass is 16.6. The molecule has 1 aliphatic rings. The molecule has 1 aromatic carbocycles. The fourth-order valence-corrected chi connectivity index (χ4v) is 2.34. The van der Waals surface area contributed by atoms with E-state index >= 15 is 0 Å². The van der Waals surface area contributed by atoms with Crippen LogP contribution >= 0.6 is 0 Å². The van der Waals surface area contributed by atoms with Crippen molar-refractivity contribution in [2.75, 3.05) is 20.3 Å². The van der Waals surface area contributed by atoms with Crippen LogP contribution in [0.3, 0.4) is 0 Å². The van der Waals surface area contributed by atoms with E-state index in [2.05, 4.69) is 10.2 Å². The lowest BCUT2D eigenvalue weighted by molar-refractivity contribution is 0.0690. The number of methoxy groups -OCH3 is 1. The SMILES string of the molecule is COc1cccc(-c2cc(C(=O)O)[nH]n2)c1OC1CCOC1. The first-order valence-electron chi connectivity index (χ1n) is 6.89. The first-order valence-corrected chi connectivity index (χ1v) is 6.89. The first kappa shape index (κ1) is 14.4. The van der Waals surface area contributed by atoms with E-state index in [0.29, 0.717) is 36.0 Å². The Morgan fingerprint density at radius 2 is 2.36 bits per heavy atom. The van der Waals surface area contributed by atoms with E-state index in [9.17, 15) is 4.79 Å². The summed E-state index contributed by atoms with van der Waals surface area (Å²) in [5, 5.41) is 15.5. The third kappa shape index (κ3) is 2.75. The molecule has 0 aliphatic carbocycles. The zero-order valence-corrected chi connectivity index (χ0v) is 12.0. The molecule has 0 saturated carbocycles. The van der Waals surface area contributed by atoms with Crippen LogP contribution in [-0.2, 0) is 4.74 Å². The predicted molar refractivity (Wildman–Crippen MR) is 77.4 cm³/mol. The predicted octanol–water partition coefficient (Wildman–Crippen LogP) is 1.95. The topological polar surface area (TPSA) is 93.7 Å². The number of benzene rings is 1. The molecule has 1 unspecified atom stereocenters. The van der Waals surface area contributed by atoms with Crippen molar-refractivity contribution < 1.29 is 24.1 Å². The van der Waals surface area contributed by atoms with Gasteiger partial charge in [0, 0.05) is 12.0 Å². The molecule has 3 rings (SSSR count). The Hall–Kier alpha value is -2.54. The number of carbonyl (C=O) groups is 1. The van der Waals surface area contributed by atoms with Crippen LogP contribution in [0, 0.1) is 0 Å². The van der Waals surface area contributed by atoms with Crippen LogP contribution in [0.2, 0.25) is 0 Å². The van der Waals surface area contributed by atoms with Crippen LogP contribution in [0.5, 0.6) is 11.5 Å². The monoisotopic (exact) mass is 304 g/mol. The fourth-order valence-electron chi connectivity index (χ4n) is 2.34. The third-order valence-electron chi connectivity index (χ3n) is 3.46. The number of rotatable bonds is 5. The summed E-state index contributed by atoms with van der Waals surface area (Å²) in [6.07, 6.45) is 0.756. The fraction of sp³-hybridized carbons (Fsp3) is 0.333. The van der Waals surface area contributed by atoms with Gasteiger partial charge in [-0.25, -0.2) is 4.79 Å². The van der Waals surface area contributed by atoms with E-state index in [1.165, 1.54) is 6.07 Å². The summed E-state index contributed by atoms with van der Waals surface area (Å²) in [4.78, 5) is 11.0. The van der Waals surface area contributed by atoms with Crippen molar-refractivity contribution in [3.63, 3.8) is 0 Å². The van der Waals surface area contributed by atoms with Gasteiger partial charge < -0.3 is 19.3 Å². The Morgan fingerprint density at radius 1 is 1.50 bits per heavy atom. The normalized spacial score (nSPS) is 17.4. The van der Waals surface area contributed by atoms with Crippen LogP contribution in [0.15, 0.2) is 24.3 Å². The third-order valence-corrected chi connectivity index (χ3v) is 3.46. The number of nitrogens with one attached hydrogen (secondary N) is 1. The van der Waals surface area contributed by atoms with Gasteiger partial charge in [0.15, 0.2) is 11.5 Å². The summed E-state index contributed by atoms with van der Waals surface area (Å²) in [6, 6.07) is 6.88. The highest BCUT2D eigenvalue weighted by Gasteiger charge is 2.23. The first-order chi connectivity index (χ1) is 10.7. The minimum atomic E-state index is -1.06. The lowest BCUT2D eigenvalue weighted by atomic mass is 10.1. The molecule has 0 radical (unpaired) electrons. The van der Waals surface area contributed by atoms with Gasteiger partial charge in [0.05, 0.1) is 26.0 Å². The molecule has 22 heavy (non-hydrogen) atoms. The number of aromatic amines is 1. The van der Waals surface area contributed by atoms with Crippen LogP contribution in [0.4, 0.5) is 0 Å². The number of H-pyrrole nitrogens is 1. The Kier molecular flexibility index (Phi) is 3.97. The van der Waals surface area contributed by atoms with Gasteiger partial charge in [0.1, 0.15) is 11.8 Å². The van der Waals surface area contributed by atoms with Crippen LogP contribution in [-0.4, -0.2) is 47.7 Å². The highest BCUT2D eigenvalue weighted by Crippen LogP contribution is 2.38. The summed E-state index contributed by atoms with van der Waals surface area (Å²) >= 11 is 0. The maximum atomic E-state index is 11.0. The van der Waals surface area contributed by atoms with Gasteiger partial charge >= 0.3 is 5.97 Å². The standard InChI is InChI=1S/C15H16N2O5/c1-20-13-4-2-3-10(11-7-12(15(18)19)17-16-11)14(13)22-9-5-6-21-8-9/h2-4,7,9H,5-6,8H2,1H3,(H,16,17)(H,18,19). The van der Waals surface area contributed by atoms with E-state index in [1.54, 1.807) is 19.2 Å². The molecule has 0 amide bonds. The average Bonchev–Trinajstić information content (AvgIpc) is 3.18. The number of ether oxygens (including phenoxy) is 3. The second-order valence-corrected chi connectivity index (χ2v) is 4.91. The molecule has 2 aromatic rings. The molecule has 1 aromatic heterocycles. The van der Waals surface area contributed by atoms with Crippen molar-refractivity contribution in [3.05, 3.63) is 30.0 Å². The van der Waals surface area contributed by atoms with Crippen molar-refractivity contribution in [1.82, 2.24) is 10.2 Å². The second-order valence-electron chi connectivity index (χ2n) is 4.91. The number of para-hydroxylation sites is 1. The Bertz CT molecular complexity index is 676. The molecule has 1 fully saturated rings. The van der Waals surface area contributed by atoms with Gasteiger partial charge in [-0.15, -0.1) is 0 Å². The van der Waals surface area contributed by atoms with E-state index in [4.69, 9.17) is 19.3 Å². The van der Waals surface area contributed by atoms with Crippen molar-refractivity contribution in [2.24, 2.45) is 0 Å². The lowest BCUT2D eigenvalue weighted by Gasteiger charge is -2.17. The van der Waals surface area contributed by atoms with Gasteiger partial charge in [-0.2, -0.15) is 5.10 Å². The molecule has 1 saturated heterocycles. The van der Waals surface area contributed by atoms with Gasteiger partial charge in [-0.1, -0.05) is 6.07 Å². The van der Waals surface area contributed by atoms with Gasteiger partial charge in [0.25, 0.3) is 0 Å². The smallest absolute Gasteiger partial charge is 0.353 e. The van der Waals surface area contributed by atoms with Crippen molar-refractivity contribution in [3.8, 4) is 22.8 Å². The van der Waals surface area contributed by atoms with Crippen LogP contribution < -0.4 is 9.47 Å². The molecular weight excluding hydrogens is 288 g/mol.